The minimum atomic E-state index is -3.39. The number of sulfonamides is 1. The molecule has 21 heavy (non-hydrogen) atoms. The molecule has 0 aliphatic carbocycles. The van der Waals surface area contributed by atoms with Gasteiger partial charge in [-0.2, -0.15) is 0 Å². The molecule has 2 rings (SSSR count). The van der Waals surface area contributed by atoms with Crippen LogP contribution in [0.3, 0.4) is 0 Å². The van der Waals surface area contributed by atoms with E-state index in [1.807, 2.05) is 0 Å². The fourth-order valence-corrected chi connectivity index (χ4v) is 2.43. The normalized spacial score (nSPS) is 11.1. The molecule has 3 N–H and O–H groups in total. The van der Waals surface area contributed by atoms with Gasteiger partial charge in [0.1, 0.15) is 5.75 Å². The van der Waals surface area contributed by atoms with Crippen LogP contribution in [0.5, 0.6) is 5.75 Å². The summed E-state index contributed by atoms with van der Waals surface area (Å²) in [5, 5.41) is 18.8. The average Bonchev–Trinajstić information content (AvgIpc) is 2.36. The number of rotatable bonds is 4. The van der Waals surface area contributed by atoms with Gasteiger partial charge in [0.25, 0.3) is 0 Å². The van der Waals surface area contributed by atoms with E-state index in [1.165, 1.54) is 12.1 Å². The molecule has 0 spiro atoms. The van der Waals surface area contributed by atoms with E-state index in [1.54, 1.807) is 24.3 Å². The molecule has 0 aromatic heterocycles. The highest BCUT2D eigenvalue weighted by molar-refractivity contribution is 7.92. The second kappa shape index (κ2) is 5.45. The van der Waals surface area contributed by atoms with Crippen molar-refractivity contribution in [2.75, 3.05) is 11.0 Å². The third-order valence-corrected chi connectivity index (χ3v) is 3.33. The molecule has 0 saturated carbocycles. The van der Waals surface area contributed by atoms with Gasteiger partial charge in [-0.3, -0.25) is 4.72 Å². The summed E-state index contributed by atoms with van der Waals surface area (Å²) in [4.78, 5) is 10.8. The highest BCUT2D eigenvalue weighted by Gasteiger charge is 2.10. The summed E-state index contributed by atoms with van der Waals surface area (Å²) >= 11 is 0. The first-order chi connectivity index (χ1) is 9.76. The average molecular weight is 307 g/mol. The van der Waals surface area contributed by atoms with Crippen LogP contribution in [0.25, 0.3) is 11.1 Å². The number of hydrogen-bond donors (Lipinski definition) is 3. The second-order valence-corrected chi connectivity index (χ2v) is 6.24. The Hall–Kier alpha value is -2.54. The number of carboxylic acids is 1. The van der Waals surface area contributed by atoms with Crippen molar-refractivity contribution >= 4 is 21.7 Å². The van der Waals surface area contributed by atoms with Gasteiger partial charge in [-0.25, -0.2) is 13.2 Å². The van der Waals surface area contributed by atoms with Gasteiger partial charge in [-0.05, 0) is 35.9 Å². The maximum absolute atomic E-state index is 11.2. The predicted octanol–water partition coefficient (Wildman–Crippen LogP) is 2.13. The number of benzene rings is 2. The van der Waals surface area contributed by atoms with Crippen LogP contribution in [0.4, 0.5) is 5.69 Å². The monoisotopic (exact) mass is 307 g/mol. The number of hydrogen-bond acceptors (Lipinski definition) is 4. The summed E-state index contributed by atoms with van der Waals surface area (Å²) in [5.41, 5.74) is 1.31. The molecule has 0 bridgehead atoms. The summed E-state index contributed by atoms with van der Waals surface area (Å²) in [6.07, 6.45) is 1.04. The fourth-order valence-electron chi connectivity index (χ4n) is 1.87. The van der Waals surface area contributed by atoms with Crippen molar-refractivity contribution in [3.63, 3.8) is 0 Å². The van der Waals surface area contributed by atoms with E-state index in [-0.39, 0.29) is 11.3 Å². The van der Waals surface area contributed by atoms with Crippen molar-refractivity contribution in [1.29, 1.82) is 0 Å². The standard InChI is InChI=1S/C14H13NO5S/c1-21(19,20)15-11-4-2-3-9(7-11)12-6-5-10(14(17)18)8-13(12)16/h2-8,15-16H,1H3,(H,17,18). The summed E-state index contributed by atoms with van der Waals surface area (Å²) in [6.45, 7) is 0. The summed E-state index contributed by atoms with van der Waals surface area (Å²) in [6, 6.07) is 10.4. The van der Waals surface area contributed by atoms with Crippen LogP contribution in [0.2, 0.25) is 0 Å². The Morgan fingerprint density at radius 2 is 1.86 bits per heavy atom. The van der Waals surface area contributed by atoms with E-state index in [0.29, 0.717) is 16.8 Å². The molecule has 6 nitrogen and oxygen atoms in total. The van der Waals surface area contributed by atoms with Gasteiger partial charge in [-0.15, -0.1) is 0 Å². The summed E-state index contributed by atoms with van der Waals surface area (Å²) in [5.74, 6) is -1.32. The van der Waals surface area contributed by atoms with E-state index in [2.05, 4.69) is 4.72 Å². The van der Waals surface area contributed by atoms with Crippen molar-refractivity contribution in [2.45, 2.75) is 0 Å². The lowest BCUT2D eigenvalue weighted by molar-refractivity contribution is 0.0696. The number of anilines is 1. The van der Waals surface area contributed by atoms with Gasteiger partial charge in [0.15, 0.2) is 0 Å². The summed E-state index contributed by atoms with van der Waals surface area (Å²) < 4.78 is 24.8. The molecule has 0 aliphatic heterocycles. The first-order valence-electron chi connectivity index (χ1n) is 5.91. The highest BCUT2D eigenvalue weighted by atomic mass is 32.2. The first-order valence-corrected chi connectivity index (χ1v) is 7.80. The lowest BCUT2D eigenvalue weighted by Gasteiger charge is -2.09. The maximum atomic E-state index is 11.2. The SMILES string of the molecule is CS(=O)(=O)Nc1cccc(-c2ccc(C(=O)O)cc2O)c1. The van der Waals surface area contributed by atoms with E-state index in [9.17, 15) is 18.3 Å². The largest absolute Gasteiger partial charge is 0.507 e. The third kappa shape index (κ3) is 3.73. The zero-order valence-corrected chi connectivity index (χ0v) is 11.9. The lowest BCUT2D eigenvalue weighted by atomic mass is 10.0. The third-order valence-electron chi connectivity index (χ3n) is 2.72. The molecule has 0 amide bonds. The van der Waals surface area contributed by atoms with Crippen LogP contribution < -0.4 is 4.72 Å². The van der Waals surface area contributed by atoms with E-state index in [4.69, 9.17) is 5.11 Å². The van der Waals surface area contributed by atoms with E-state index < -0.39 is 16.0 Å². The topological polar surface area (TPSA) is 104 Å². The van der Waals surface area contributed by atoms with Crippen LogP contribution in [-0.2, 0) is 10.0 Å². The minimum absolute atomic E-state index is 0.0262. The predicted molar refractivity (Wildman–Crippen MR) is 79.0 cm³/mol. The number of aromatic carboxylic acids is 1. The van der Waals surface area contributed by atoms with Gasteiger partial charge >= 0.3 is 5.97 Å². The number of carbonyl (C=O) groups is 1. The van der Waals surface area contributed by atoms with Gasteiger partial charge in [0.05, 0.1) is 11.8 Å². The number of phenolic OH excluding ortho intramolecular Hbond substituents is 1. The Morgan fingerprint density at radius 1 is 1.14 bits per heavy atom. The zero-order chi connectivity index (χ0) is 15.6. The van der Waals surface area contributed by atoms with Crippen molar-refractivity contribution < 1.29 is 23.4 Å². The van der Waals surface area contributed by atoms with E-state index >= 15 is 0 Å². The molecule has 0 unspecified atom stereocenters. The lowest BCUT2D eigenvalue weighted by Crippen LogP contribution is -2.09. The molecule has 110 valence electrons. The molecular weight excluding hydrogens is 294 g/mol. The Kier molecular flexibility index (Phi) is 3.86. The first kappa shape index (κ1) is 14.9. The minimum Gasteiger partial charge on any atom is -0.507 e. The Labute approximate surface area is 121 Å². The second-order valence-electron chi connectivity index (χ2n) is 4.49. The molecule has 0 heterocycles. The van der Waals surface area contributed by atoms with Crippen molar-refractivity contribution in [2.24, 2.45) is 0 Å². The number of carboxylic acid groups (broad SMARTS) is 1. The molecule has 0 saturated heterocycles. The van der Waals surface area contributed by atoms with Crippen molar-refractivity contribution in [3.8, 4) is 16.9 Å². The number of aromatic hydroxyl groups is 1. The molecule has 0 atom stereocenters. The van der Waals surface area contributed by atoms with Crippen LogP contribution in [0.15, 0.2) is 42.5 Å². The van der Waals surface area contributed by atoms with Crippen LogP contribution in [-0.4, -0.2) is 30.9 Å². The zero-order valence-electron chi connectivity index (χ0n) is 11.1. The molecule has 0 fully saturated rings. The Balaban J connectivity index is 2.43. The maximum Gasteiger partial charge on any atom is 0.335 e. The number of nitrogens with one attached hydrogen (secondary N) is 1. The van der Waals surface area contributed by atoms with Crippen LogP contribution >= 0.6 is 0 Å². The smallest absolute Gasteiger partial charge is 0.335 e. The van der Waals surface area contributed by atoms with Gasteiger partial charge in [0.2, 0.25) is 10.0 Å². The molecule has 0 radical (unpaired) electrons. The van der Waals surface area contributed by atoms with Gasteiger partial charge in [0, 0.05) is 11.3 Å². The molecule has 2 aromatic carbocycles. The highest BCUT2D eigenvalue weighted by Crippen LogP contribution is 2.31. The van der Waals surface area contributed by atoms with Crippen LogP contribution in [0.1, 0.15) is 10.4 Å². The van der Waals surface area contributed by atoms with Crippen molar-refractivity contribution in [3.05, 3.63) is 48.0 Å². The summed E-state index contributed by atoms with van der Waals surface area (Å²) in [7, 11) is -3.39. The molecule has 2 aromatic rings. The Bertz CT molecular complexity index is 799. The quantitative estimate of drug-likeness (QED) is 0.802. The number of phenols is 1. The van der Waals surface area contributed by atoms with Gasteiger partial charge < -0.3 is 10.2 Å². The molecule has 0 aliphatic rings. The van der Waals surface area contributed by atoms with Crippen molar-refractivity contribution in [1.82, 2.24) is 0 Å². The van der Waals surface area contributed by atoms with Crippen LogP contribution in [0, 0.1) is 0 Å². The van der Waals surface area contributed by atoms with Gasteiger partial charge in [-0.1, -0.05) is 12.1 Å². The van der Waals surface area contributed by atoms with E-state index in [0.717, 1.165) is 12.3 Å². The fraction of sp³-hybridized carbons (Fsp3) is 0.0714. The molecule has 7 heteroatoms. The molecular formula is C14H13NO5S. The Morgan fingerprint density at radius 3 is 2.43 bits per heavy atom.